The van der Waals surface area contributed by atoms with E-state index in [1.165, 1.54) is 0 Å². The monoisotopic (exact) mass is 424 g/mol. The van der Waals surface area contributed by atoms with Gasteiger partial charge in [-0.1, -0.05) is 0 Å². The van der Waals surface area contributed by atoms with Crippen LogP contribution in [0.3, 0.4) is 0 Å². The van der Waals surface area contributed by atoms with E-state index in [0.29, 0.717) is 29.5 Å². The van der Waals surface area contributed by atoms with Crippen molar-refractivity contribution in [1.29, 1.82) is 0 Å². The summed E-state index contributed by atoms with van der Waals surface area (Å²) < 4.78 is 10.7. The number of amides is 1. The summed E-state index contributed by atoms with van der Waals surface area (Å²) >= 11 is 6.11. The van der Waals surface area contributed by atoms with Crippen LogP contribution in [-0.4, -0.2) is 37.1 Å². The third kappa shape index (κ3) is 5.10. The predicted molar refractivity (Wildman–Crippen MR) is 119 cm³/mol. The molecule has 6 heteroatoms. The molecule has 0 fully saturated rings. The normalized spacial score (nSPS) is 10.6. The second-order valence-corrected chi connectivity index (χ2v) is 7.39. The Balaban J connectivity index is 1.89. The number of carbonyl (C=O) groups excluding carboxylic acids is 1. The third-order valence-electron chi connectivity index (χ3n) is 4.80. The number of aryl methyl sites for hydroxylation is 1. The van der Waals surface area contributed by atoms with Crippen molar-refractivity contribution >= 4 is 17.5 Å². The van der Waals surface area contributed by atoms with Crippen LogP contribution in [0.2, 0.25) is 0 Å². The highest BCUT2D eigenvalue weighted by molar-refractivity contribution is 6.17. The van der Waals surface area contributed by atoms with E-state index in [4.69, 9.17) is 21.1 Å². The van der Waals surface area contributed by atoms with Gasteiger partial charge in [0.15, 0.2) is 0 Å². The number of methoxy groups -OCH3 is 2. The lowest BCUT2D eigenvalue weighted by atomic mass is 9.99. The predicted octanol–water partition coefficient (Wildman–Crippen LogP) is 5.09. The Morgan fingerprint density at radius 3 is 2.27 bits per heavy atom. The number of carbonyl (C=O) groups is 1. The lowest BCUT2D eigenvalue weighted by molar-refractivity contribution is 0.0785. The van der Waals surface area contributed by atoms with Gasteiger partial charge in [0.1, 0.15) is 11.5 Å². The van der Waals surface area contributed by atoms with Gasteiger partial charge in [0.2, 0.25) is 0 Å². The molecule has 0 aliphatic rings. The maximum atomic E-state index is 13.2. The van der Waals surface area contributed by atoms with E-state index in [1.807, 2.05) is 49.4 Å². The average Bonchev–Trinajstić information content (AvgIpc) is 2.77. The Kier molecular flexibility index (Phi) is 6.95. The van der Waals surface area contributed by atoms with Crippen molar-refractivity contribution in [3.05, 3.63) is 77.1 Å². The Morgan fingerprint density at radius 2 is 1.67 bits per heavy atom. The van der Waals surface area contributed by atoms with Crippen LogP contribution >= 0.6 is 11.6 Å². The summed E-state index contributed by atoms with van der Waals surface area (Å²) in [5.74, 6) is 1.61. The molecule has 0 aliphatic carbocycles. The highest BCUT2D eigenvalue weighted by atomic mass is 35.5. The van der Waals surface area contributed by atoms with Crippen LogP contribution in [0.5, 0.6) is 11.5 Å². The van der Waals surface area contributed by atoms with Crippen LogP contribution in [0.4, 0.5) is 0 Å². The zero-order chi connectivity index (χ0) is 21.7. The van der Waals surface area contributed by atoms with Gasteiger partial charge in [-0.25, -0.2) is 0 Å². The number of benzene rings is 2. The number of halogens is 1. The summed E-state index contributed by atoms with van der Waals surface area (Å²) in [5.41, 5.74) is 5.27. The largest absolute Gasteiger partial charge is 0.497 e. The van der Waals surface area contributed by atoms with Crippen LogP contribution in [0.1, 0.15) is 27.2 Å². The summed E-state index contributed by atoms with van der Waals surface area (Å²) in [6, 6.07) is 15.3. The first-order valence-electron chi connectivity index (χ1n) is 9.54. The molecule has 0 atom stereocenters. The molecule has 1 heterocycles. The Labute approximate surface area is 182 Å². The smallest absolute Gasteiger partial charge is 0.253 e. The summed E-state index contributed by atoms with van der Waals surface area (Å²) in [7, 11) is 4.98. The van der Waals surface area contributed by atoms with Crippen molar-refractivity contribution in [1.82, 2.24) is 9.88 Å². The molecule has 3 aromatic rings. The number of aromatic nitrogens is 1. The number of pyridine rings is 1. The van der Waals surface area contributed by atoms with Gasteiger partial charge in [0, 0.05) is 43.0 Å². The van der Waals surface area contributed by atoms with Gasteiger partial charge < -0.3 is 14.4 Å². The van der Waals surface area contributed by atoms with Gasteiger partial charge in [0.05, 0.1) is 14.2 Å². The first-order valence-corrected chi connectivity index (χ1v) is 10.1. The van der Waals surface area contributed by atoms with Crippen molar-refractivity contribution in [3.8, 4) is 22.6 Å². The van der Waals surface area contributed by atoms with E-state index in [1.54, 1.807) is 38.4 Å². The third-order valence-corrected chi connectivity index (χ3v) is 5.11. The lowest BCUT2D eigenvalue weighted by Crippen LogP contribution is -2.26. The SMILES string of the molecule is COc1cc(CN(C)C(=O)c2cc(CCl)cc(-c3ccnc(C)c3)c2)cc(OC)c1. The first-order chi connectivity index (χ1) is 14.4. The zero-order valence-corrected chi connectivity index (χ0v) is 18.4. The van der Waals surface area contributed by atoms with Crippen molar-refractivity contribution in [3.63, 3.8) is 0 Å². The van der Waals surface area contributed by atoms with E-state index < -0.39 is 0 Å². The molecule has 0 radical (unpaired) electrons. The molecule has 0 N–H and O–H groups in total. The van der Waals surface area contributed by atoms with E-state index >= 15 is 0 Å². The van der Waals surface area contributed by atoms with Crippen LogP contribution in [0.25, 0.3) is 11.1 Å². The number of nitrogens with zero attached hydrogens (tertiary/aromatic N) is 2. The van der Waals surface area contributed by atoms with Crippen LogP contribution in [0.15, 0.2) is 54.7 Å². The fourth-order valence-corrected chi connectivity index (χ4v) is 3.46. The minimum absolute atomic E-state index is 0.0872. The zero-order valence-electron chi connectivity index (χ0n) is 17.6. The second kappa shape index (κ2) is 9.63. The van der Waals surface area contributed by atoms with Gasteiger partial charge in [-0.3, -0.25) is 9.78 Å². The summed E-state index contributed by atoms with van der Waals surface area (Å²) in [6.07, 6.45) is 1.77. The summed E-state index contributed by atoms with van der Waals surface area (Å²) in [5, 5.41) is 0. The molecule has 0 saturated heterocycles. The van der Waals surface area contributed by atoms with Crippen LogP contribution in [0, 0.1) is 6.92 Å². The van der Waals surface area contributed by atoms with Gasteiger partial charge in [-0.2, -0.15) is 0 Å². The number of hydrogen-bond acceptors (Lipinski definition) is 4. The molecule has 3 rings (SSSR count). The molecule has 0 unspecified atom stereocenters. The molecule has 1 amide bonds. The van der Waals surface area contributed by atoms with E-state index in [9.17, 15) is 4.79 Å². The fraction of sp³-hybridized carbons (Fsp3) is 0.250. The van der Waals surface area contributed by atoms with Gasteiger partial charge in [-0.05, 0) is 71.6 Å². The van der Waals surface area contributed by atoms with Gasteiger partial charge in [0.25, 0.3) is 5.91 Å². The standard InChI is InChI=1S/C24H25ClN2O3/c1-16-7-19(5-6-26-16)20-8-17(14-25)9-21(12-20)24(28)27(2)15-18-10-22(29-3)13-23(11-18)30-4/h5-13H,14-15H2,1-4H3. The molecule has 5 nitrogen and oxygen atoms in total. The van der Waals surface area contributed by atoms with Crippen molar-refractivity contribution < 1.29 is 14.3 Å². The van der Waals surface area contributed by atoms with E-state index in [2.05, 4.69) is 4.98 Å². The highest BCUT2D eigenvalue weighted by Crippen LogP contribution is 2.26. The summed E-state index contributed by atoms with van der Waals surface area (Å²) in [6.45, 7) is 2.36. The fourth-order valence-electron chi connectivity index (χ4n) is 3.31. The molecule has 2 aromatic carbocycles. The lowest BCUT2D eigenvalue weighted by Gasteiger charge is -2.19. The molecular formula is C24H25ClN2O3. The van der Waals surface area contributed by atoms with Crippen molar-refractivity contribution in [2.75, 3.05) is 21.3 Å². The maximum absolute atomic E-state index is 13.2. The Hall–Kier alpha value is -3.05. The van der Waals surface area contributed by atoms with Crippen molar-refractivity contribution in [2.24, 2.45) is 0 Å². The molecule has 30 heavy (non-hydrogen) atoms. The number of ether oxygens (including phenoxy) is 2. The Morgan fingerprint density at radius 1 is 0.967 bits per heavy atom. The molecule has 1 aromatic heterocycles. The number of alkyl halides is 1. The maximum Gasteiger partial charge on any atom is 0.253 e. The molecule has 0 aliphatic heterocycles. The molecule has 156 valence electrons. The van der Waals surface area contributed by atoms with Gasteiger partial charge in [-0.15, -0.1) is 11.6 Å². The topological polar surface area (TPSA) is 51.7 Å². The molecule has 0 bridgehead atoms. The van der Waals surface area contributed by atoms with Crippen molar-refractivity contribution in [2.45, 2.75) is 19.3 Å². The minimum Gasteiger partial charge on any atom is -0.497 e. The minimum atomic E-state index is -0.0872. The number of hydrogen-bond donors (Lipinski definition) is 0. The molecular weight excluding hydrogens is 400 g/mol. The molecule has 0 saturated carbocycles. The second-order valence-electron chi connectivity index (χ2n) is 7.12. The first kappa shape index (κ1) is 21.7. The molecule has 0 spiro atoms. The Bertz CT molecular complexity index is 1030. The average molecular weight is 425 g/mol. The van der Waals surface area contributed by atoms with E-state index in [0.717, 1.165) is 27.9 Å². The van der Waals surface area contributed by atoms with E-state index in [-0.39, 0.29) is 5.91 Å². The highest BCUT2D eigenvalue weighted by Gasteiger charge is 2.16. The number of rotatable bonds is 7. The summed E-state index contributed by atoms with van der Waals surface area (Å²) in [4.78, 5) is 19.1. The van der Waals surface area contributed by atoms with Crippen LogP contribution in [-0.2, 0) is 12.4 Å². The van der Waals surface area contributed by atoms with Gasteiger partial charge >= 0.3 is 0 Å². The quantitative estimate of drug-likeness (QED) is 0.496. The van der Waals surface area contributed by atoms with Crippen LogP contribution < -0.4 is 9.47 Å².